The average Bonchev–Trinajstić information content (AvgIpc) is 3.32. The van der Waals surface area contributed by atoms with Gasteiger partial charge in [-0.25, -0.2) is 9.79 Å². The Kier molecular flexibility index (Phi) is 10.0. The highest BCUT2D eigenvalue weighted by atomic mass is 35.5. The molecule has 5 rings (SSSR count). The van der Waals surface area contributed by atoms with Gasteiger partial charge in [0.15, 0.2) is 16.3 Å². The lowest BCUT2D eigenvalue weighted by Gasteiger charge is -2.23. The number of fused-ring (bicyclic) bond motifs is 1. The predicted octanol–water partition coefficient (Wildman–Crippen LogP) is 6.35. The van der Waals surface area contributed by atoms with Gasteiger partial charge in [0.2, 0.25) is 0 Å². The molecule has 1 aromatic heterocycles. The molecule has 0 unspecified atom stereocenters. The first-order chi connectivity index (χ1) is 21.2. The van der Waals surface area contributed by atoms with E-state index in [2.05, 4.69) is 4.99 Å². The summed E-state index contributed by atoms with van der Waals surface area (Å²) in [5.41, 5.74) is 1.82. The molecule has 0 spiro atoms. The number of thiazole rings is 1. The van der Waals surface area contributed by atoms with E-state index in [1.165, 1.54) is 17.9 Å². The maximum Gasteiger partial charge on any atom is 0.337 e. The summed E-state index contributed by atoms with van der Waals surface area (Å²) in [6, 6.07) is 14.9. The minimum absolute atomic E-state index is 0.191. The Labute approximate surface area is 272 Å². The molecule has 228 valence electrons. The van der Waals surface area contributed by atoms with Gasteiger partial charge < -0.3 is 18.9 Å². The van der Waals surface area contributed by atoms with Crippen LogP contribution < -0.4 is 29.1 Å². The van der Waals surface area contributed by atoms with Crippen LogP contribution in [0.15, 0.2) is 76.2 Å². The fourth-order valence-electron chi connectivity index (χ4n) is 4.70. The van der Waals surface area contributed by atoms with E-state index in [0.717, 1.165) is 16.9 Å². The number of benzene rings is 3. The lowest BCUT2D eigenvalue weighted by molar-refractivity contribution is -0.136. The van der Waals surface area contributed by atoms with Crippen LogP contribution in [0.1, 0.15) is 36.6 Å². The molecule has 1 atom stereocenters. The van der Waals surface area contributed by atoms with Gasteiger partial charge in [-0.2, -0.15) is 0 Å². The molecule has 4 aromatic rings. The van der Waals surface area contributed by atoms with E-state index >= 15 is 0 Å². The van der Waals surface area contributed by atoms with Gasteiger partial charge >= 0.3 is 5.97 Å². The summed E-state index contributed by atoms with van der Waals surface area (Å²) in [5, 5.41) is 1.27. The van der Waals surface area contributed by atoms with Crippen molar-refractivity contribution in [3.8, 4) is 17.2 Å². The van der Waals surface area contributed by atoms with Gasteiger partial charge in [0.05, 0.1) is 41.5 Å². The number of hydrogen-bond acceptors (Lipinski definition) is 8. The first-order valence-electron chi connectivity index (χ1n) is 13.6. The zero-order chi connectivity index (χ0) is 31.4. The molecule has 0 N–H and O–H groups in total. The number of nitrogens with zero attached hydrogens (tertiary/aromatic N) is 2. The third-order valence-electron chi connectivity index (χ3n) is 6.63. The van der Waals surface area contributed by atoms with Gasteiger partial charge in [-0.15, -0.1) is 0 Å². The minimum Gasteiger partial charge on any atom is -0.490 e. The molecule has 3 aromatic carbocycles. The van der Waals surface area contributed by atoms with E-state index in [0.29, 0.717) is 61.0 Å². The topological polar surface area (TPSA) is 88.4 Å². The molecule has 1 aliphatic heterocycles. The fraction of sp³-hybridized carbons (Fsp3) is 0.219. The van der Waals surface area contributed by atoms with Gasteiger partial charge in [-0.1, -0.05) is 64.3 Å². The first-order valence-corrected chi connectivity index (χ1v) is 15.5. The molecule has 0 saturated carbocycles. The monoisotopic (exact) mass is 672 g/mol. The van der Waals surface area contributed by atoms with Crippen LogP contribution in [0, 0.1) is 0 Å². The van der Waals surface area contributed by atoms with Crippen LogP contribution in [0.2, 0.25) is 15.1 Å². The molecule has 12 heteroatoms. The van der Waals surface area contributed by atoms with Crippen LogP contribution in [0.4, 0.5) is 0 Å². The summed E-state index contributed by atoms with van der Waals surface area (Å²) < 4.78 is 24.5. The van der Waals surface area contributed by atoms with E-state index in [-0.39, 0.29) is 22.8 Å². The third-order valence-corrected chi connectivity index (χ3v) is 8.38. The van der Waals surface area contributed by atoms with E-state index < -0.39 is 12.0 Å². The quantitative estimate of drug-likeness (QED) is 0.182. The highest BCUT2D eigenvalue weighted by Gasteiger charge is 2.31. The Morgan fingerprint density at radius 2 is 1.68 bits per heavy atom. The third kappa shape index (κ3) is 6.66. The molecule has 0 fully saturated rings. The fourth-order valence-corrected chi connectivity index (χ4v) is 6.35. The summed E-state index contributed by atoms with van der Waals surface area (Å²) >= 11 is 20.1. The normalized spacial score (nSPS) is 14.4. The number of carbonyl (C=O) groups is 1. The Morgan fingerprint density at radius 3 is 2.39 bits per heavy atom. The maximum atomic E-state index is 14.1. The molecule has 1 aliphatic rings. The van der Waals surface area contributed by atoms with Crippen molar-refractivity contribution in [1.29, 1.82) is 0 Å². The van der Waals surface area contributed by atoms with Gasteiger partial charge in [0, 0.05) is 21.8 Å². The highest BCUT2D eigenvalue weighted by Crippen LogP contribution is 2.36. The van der Waals surface area contributed by atoms with Crippen molar-refractivity contribution in [3.63, 3.8) is 0 Å². The first kappa shape index (κ1) is 31.7. The Morgan fingerprint density at radius 1 is 0.955 bits per heavy atom. The SMILES string of the molecule is CCOc1ccc([C@H]2C(C(=O)OC)=CN=c3s/c(=C/c4cc(Cl)cc(Cl)c4OCc4ccc(Cl)cc4)c(=O)n32)cc1OCC. The molecule has 0 saturated heterocycles. The van der Waals surface area contributed by atoms with Crippen molar-refractivity contribution in [2.24, 2.45) is 4.99 Å². The van der Waals surface area contributed by atoms with Gasteiger partial charge in [-0.3, -0.25) is 9.36 Å². The molecular formula is C32H27Cl3N2O6S. The minimum atomic E-state index is -0.834. The summed E-state index contributed by atoms with van der Waals surface area (Å²) in [6.45, 7) is 4.79. The predicted molar refractivity (Wildman–Crippen MR) is 172 cm³/mol. The Hall–Kier alpha value is -3.76. The maximum absolute atomic E-state index is 14.1. The standard InChI is InChI=1S/C32H27Cl3N2O6S/c1-4-41-25-11-8-19(13-26(25)42-5-2)28-23(31(39)40-3)16-36-32-37(28)30(38)27(44-32)14-20-12-22(34)15-24(35)29(20)43-17-18-6-9-21(33)10-7-18/h6-16,28H,4-5,17H2,1-3H3/b27-14+/t28-/m0/s1. The summed E-state index contributed by atoms with van der Waals surface area (Å²) in [4.78, 5) is 31.8. The molecular weight excluding hydrogens is 647 g/mol. The van der Waals surface area contributed by atoms with Crippen molar-refractivity contribution >= 4 is 58.2 Å². The molecule has 0 radical (unpaired) electrons. The summed E-state index contributed by atoms with van der Waals surface area (Å²) in [7, 11) is 1.28. The smallest absolute Gasteiger partial charge is 0.337 e. The number of carbonyl (C=O) groups excluding carboxylic acids is 1. The van der Waals surface area contributed by atoms with Gasteiger partial charge in [0.1, 0.15) is 12.4 Å². The van der Waals surface area contributed by atoms with Crippen LogP contribution in [0.25, 0.3) is 6.08 Å². The number of ether oxygens (including phenoxy) is 4. The van der Waals surface area contributed by atoms with Crippen molar-refractivity contribution in [3.05, 3.63) is 118 Å². The van der Waals surface area contributed by atoms with Crippen LogP contribution in [-0.2, 0) is 16.1 Å². The molecule has 2 heterocycles. The summed E-state index contributed by atoms with van der Waals surface area (Å²) in [5.74, 6) is 0.792. The second kappa shape index (κ2) is 13.9. The zero-order valence-electron chi connectivity index (χ0n) is 23.9. The van der Waals surface area contributed by atoms with Gasteiger partial charge in [0.25, 0.3) is 5.56 Å². The number of aromatic nitrogens is 1. The van der Waals surface area contributed by atoms with Crippen LogP contribution in [-0.4, -0.2) is 30.9 Å². The number of hydrogen-bond donors (Lipinski definition) is 0. The van der Waals surface area contributed by atoms with E-state index in [1.807, 2.05) is 26.0 Å². The van der Waals surface area contributed by atoms with Crippen molar-refractivity contribution in [2.75, 3.05) is 20.3 Å². The van der Waals surface area contributed by atoms with Crippen LogP contribution in [0.5, 0.6) is 17.2 Å². The average molecular weight is 674 g/mol. The molecule has 0 aliphatic carbocycles. The van der Waals surface area contributed by atoms with E-state index in [4.69, 9.17) is 53.8 Å². The van der Waals surface area contributed by atoms with Gasteiger partial charge in [-0.05, 0) is 67.4 Å². The lowest BCUT2D eigenvalue weighted by atomic mass is 9.97. The summed E-state index contributed by atoms with van der Waals surface area (Å²) in [6.07, 6.45) is 3.08. The molecule has 8 nitrogen and oxygen atoms in total. The zero-order valence-corrected chi connectivity index (χ0v) is 27.0. The van der Waals surface area contributed by atoms with Crippen molar-refractivity contribution in [1.82, 2.24) is 4.57 Å². The number of methoxy groups -OCH3 is 1. The largest absolute Gasteiger partial charge is 0.490 e. The molecule has 44 heavy (non-hydrogen) atoms. The van der Waals surface area contributed by atoms with Crippen molar-refractivity contribution in [2.45, 2.75) is 26.5 Å². The number of rotatable bonds is 10. The second-order valence-electron chi connectivity index (χ2n) is 9.47. The number of esters is 1. The Bertz CT molecular complexity index is 1920. The van der Waals surface area contributed by atoms with Crippen molar-refractivity contribution < 1.29 is 23.7 Å². The molecule has 0 bridgehead atoms. The Balaban J connectivity index is 1.62. The van der Waals surface area contributed by atoms with Crippen LogP contribution in [0.3, 0.4) is 0 Å². The lowest BCUT2D eigenvalue weighted by Crippen LogP contribution is -2.39. The van der Waals surface area contributed by atoms with Crippen LogP contribution >= 0.6 is 46.1 Å². The highest BCUT2D eigenvalue weighted by molar-refractivity contribution is 7.07. The number of halogens is 3. The second-order valence-corrected chi connectivity index (χ2v) is 11.8. The molecule has 0 amide bonds. The van der Waals surface area contributed by atoms with E-state index in [1.54, 1.807) is 48.5 Å². The van der Waals surface area contributed by atoms with E-state index in [9.17, 15) is 9.59 Å².